The fraction of sp³-hybridized carbons (Fsp3) is 0.300. The lowest BCUT2D eigenvalue weighted by molar-refractivity contribution is -0.120. The zero-order chi connectivity index (χ0) is 18.2. The van der Waals surface area contributed by atoms with E-state index in [9.17, 15) is 9.59 Å². The lowest BCUT2D eigenvalue weighted by Crippen LogP contribution is -2.47. The summed E-state index contributed by atoms with van der Waals surface area (Å²) in [5.74, 6) is 0.471. The van der Waals surface area contributed by atoms with Crippen molar-refractivity contribution in [3.8, 4) is 0 Å². The number of anilines is 1. The predicted molar refractivity (Wildman–Crippen MR) is 105 cm³/mol. The fourth-order valence-corrected chi connectivity index (χ4v) is 3.00. The van der Waals surface area contributed by atoms with Crippen LogP contribution in [0.2, 0.25) is 0 Å². The first-order valence-electron chi connectivity index (χ1n) is 8.22. The average molecular weight is 356 g/mol. The van der Waals surface area contributed by atoms with Crippen LogP contribution >= 0.6 is 11.8 Å². The maximum Gasteiger partial charge on any atom is 0.251 e. The third-order valence-corrected chi connectivity index (χ3v) is 4.61. The number of hydrogen-bond donors (Lipinski definition) is 1. The van der Waals surface area contributed by atoms with Crippen LogP contribution in [0, 0.1) is 6.92 Å². The number of aryl methyl sites for hydroxylation is 1. The maximum absolute atomic E-state index is 12.9. The number of para-hydroxylation sites is 1. The Balaban J connectivity index is 2.14. The summed E-state index contributed by atoms with van der Waals surface area (Å²) in [7, 11) is 1.74. The van der Waals surface area contributed by atoms with Crippen molar-refractivity contribution in [1.82, 2.24) is 5.32 Å². The SMILES string of the molecule is CSCC[C@H](NC(=O)c1cccc(C)c1)C(=O)N(C)c1ccccc1. The van der Waals surface area contributed by atoms with E-state index in [1.54, 1.807) is 29.8 Å². The summed E-state index contributed by atoms with van der Waals surface area (Å²) in [5, 5.41) is 2.90. The molecule has 0 heterocycles. The van der Waals surface area contributed by atoms with E-state index in [0.29, 0.717) is 12.0 Å². The van der Waals surface area contributed by atoms with Gasteiger partial charge in [-0.3, -0.25) is 9.59 Å². The van der Waals surface area contributed by atoms with Crippen LogP contribution in [0.5, 0.6) is 0 Å². The number of amides is 2. The van der Waals surface area contributed by atoms with Gasteiger partial charge in [0.15, 0.2) is 0 Å². The molecule has 132 valence electrons. The van der Waals surface area contributed by atoms with E-state index in [1.165, 1.54) is 0 Å². The summed E-state index contributed by atoms with van der Waals surface area (Å²) in [6, 6.07) is 16.3. The highest BCUT2D eigenvalue weighted by atomic mass is 32.2. The van der Waals surface area contributed by atoms with E-state index in [-0.39, 0.29) is 11.8 Å². The molecule has 2 aromatic rings. The molecule has 1 atom stereocenters. The number of hydrogen-bond acceptors (Lipinski definition) is 3. The molecule has 2 aromatic carbocycles. The molecular formula is C20H24N2O2S. The molecule has 5 heteroatoms. The van der Waals surface area contributed by atoms with Crippen molar-refractivity contribution in [2.24, 2.45) is 0 Å². The number of carbonyl (C=O) groups excluding carboxylic acids is 2. The molecule has 25 heavy (non-hydrogen) atoms. The Hall–Kier alpha value is -2.27. The Kier molecular flexibility index (Phi) is 7.07. The van der Waals surface area contributed by atoms with Crippen LogP contribution in [0.3, 0.4) is 0 Å². The Labute approximate surface area is 153 Å². The van der Waals surface area contributed by atoms with Crippen molar-refractivity contribution >= 4 is 29.3 Å². The Bertz CT molecular complexity index is 719. The summed E-state index contributed by atoms with van der Waals surface area (Å²) < 4.78 is 0. The van der Waals surface area contributed by atoms with E-state index in [2.05, 4.69) is 5.32 Å². The van der Waals surface area contributed by atoms with Gasteiger partial charge in [0.25, 0.3) is 5.91 Å². The highest BCUT2D eigenvalue weighted by Crippen LogP contribution is 2.14. The molecule has 0 bridgehead atoms. The molecule has 0 fully saturated rings. The topological polar surface area (TPSA) is 49.4 Å². The monoisotopic (exact) mass is 356 g/mol. The van der Waals surface area contributed by atoms with Crippen LogP contribution in [0.25, 0.3) is 0 Å². The van der Waals surface area contributed by atoms with E-state index < -0.39 is 6.04 Å². The summed E-state index contributed by atoms with van der Waals surface area (Å²) in [4.78, 5) is 27.0. The highest BCUT2D eigenvalue weighted by molar-refractivity contribution is 7.98. The largest absolute Gasteiger partial charge is 0.340 e. The van der Waals surface area contributed by atoms with Crippen LogP contribution in [0.4, 0.5) is 5.69 Å². The second kappa shape index (κ2) is 9.28. The summed E-state index contributed by atoms with van der Waals surface area (Å²) in [5.41, 5.74) is 2.40. The van der Waals surface area contributed by atoms with Gasteiger partial charge in [-0.15, -0.1) is 0 Å². The quantitative estimate of drug-likeness (QED) is 0.826. The molecule has 0 aliphatic rings. The molecule has 1 N–H and O–H groups in total. The zero-order valence-electron chi connectivity index (χ0n) is 14.9. The molecule has 4 nitrogen and oxygen atoms in total. The third-order valence-electron chi connectivity index (χ3n) is 3.97. The minimum Gasteiger partial charge on any atom is -0.340 e. The Morgan fingerprint density at radius 1 is 1.12 bits per heavy atom. The van der Waals surface area contributed by atoms with Crippen LogP contribution < -0.4 is 10.2 Å². The van der Waals surface area contributed by atoms with E-state index in [1.807, 2.05) is 61.7 Å². The van der Waals surface area contributed by atoms with Gasteiger partial charge in [-0.1, -0.05) is 35.9 Å². The first kappa shape index (κ1) is 19.1. The summed E-state index contributed by atoms with van der Waals surface area (Å²) in [6.07, 6.45) is 2.58. The molecule has 0 saturated carbocycles. The molecule has 0 spiro atoms. The van der Waals surface area contributed by atoms with Crippen LogP contribution in [-0.2, 0) is 4.79 Å². The Morgan fingerprint density at radius 3 is 2.48 bits per heavy atom. The van der Waals surface area contributed by atoms with Crippen LogP contribution in [0.15, 0.2) is 54.6 Å². The number of benzene rings is 2. The standard InChI is InChI=1S/C20H24N2O2S/c1-15-8-7-9-16(14-15)19(23)21-18(12-13-25-3)20(24)22(2)17-10-5-4-6-11-17/h4-11,14,18H,12-13H2,1-3H3,(H,21,23)/t18-/m0/s1. The molecule has 0 aliphatic carbocycles. The van der Waals surface area contributed by atoms with Crippen molar-refractivity contribution in [2.45, 2.75) is 19.4 Å². The molecule has 0 aliphatic heterocycles. The molecule has 0 aromatic heterocycles. The number of nitrogens with zero attached hydrogens (tertiary/aromatic N) is 1. The normalized spacial score (nSPS) is 11.6. The molecule has 0 unspecified atom stereocenters. The maximum atomic E-state index is 12.9. The molecule has 0 saturated heterocycles. The fourth-order valence-electron chi connectivity index (χ4n) is 2.53. The molecule has 2 rings (SSSR count). The second-order valence-electron chi connectivity index (χ2n) is 5.91. The van der Waals surface area contributed by atoms with Crippen molar-refractivity contribution < 1.29 is 9.59 Å². The highest BCUT2D eigenvalue weighted by Gasteiger charge is 2.24. The first-order valence-corrected chi connectivity index (χ1v) is 9.61. The summed E-state index contributed by atoms with van der Waals surface area (Å²) >= 11 is 1.66. The molecule has 2 amide bonds. The summed E-state index contributed by atoms with van der Waals surface area (Å²) in [6.45, 7) is 1.94. The van der Waals surface area contributed by atoms with Crippen molar-refractivity contribution in [3.63, 3.8) is 0 Å². The van der Waals surface area contributed by atoms with Gasteiger partial charge >= 0.3 is 0 Å². The van der Waals surface area contributed by atoms with Gasteiger partial charge < -0.3 is 10.2 Å². The minimum absolute atomic E-state index is 0.110. The molecular weight excluding hydrogens is 332 g/mol. The lowest BCUT2D eigenvalue weighted by atomic mass is 10.1. The van der Waals surface area contributed by atoms with Crippen LogP contribution in [-0.4, -0.2) is 36.9 Å². The van der Waals surface area contributed by atoms with Gasteiger partial charge in [0, 0.05) is 18.3 Å². The first-order chi connectivity index (χ1) is 12.0. The zero-order valence-corrected chi connectivity index (χ0v) is 15.7. The van der Waals surface area contributed by atoms with E-state index in [0.717, 1.165) is 17.0 Å². The number of carbonyl (C=O) groups is 2. The van der Waals surface area contributed by atoms with Gasteiger partial charge in [-0.2, -0.15) is 11.8 Å². The van der Waals surface area contributed by atoms with Gasteiger partial charge in [-0.25, -0.2) is 0 Å². The van der Waals surface area contributed by atoms with E-state index in [4.69, 9.17) is 0 Å². The predicted octanol–water partition coefficient (Wildman–Crippen LogP) is 3.51. The number of rotatable bonds is 7. The van der Waals surface area contributed by atoms with Crippen molar-refractivity contribution in [2.75, 3.05) is 24.0 Å². The number of likely N-dealkylation sites (N-methyl/N-ethyl adjacent to an activating group) is 1. The average Bonchev–Trinajstić information content (AvgIpc) is 2.64. The van der Waals surface area contributed by atoms with Gasteiger partial charge in [0.05, 0.1) is 0 Å². The number of thioether (sulfide) groups is 1. The Morgan fingerprint density at radius 2 is 1.84 bits per heavy atom. The molecule has 0 radical (unpaired) electrons. The van der Waals surface area contributed by atoms with Gasteiger partial charge in [-0.05, 0) is 49.6 Å². The van der Waals surface area contributed by atoms with Crippen LogP contribution in [0.1, 0.15) is 22.3 Å². The minimum atomic E-state index is -0.550. The van der Waals surface area contributed by atoms with Gasteiger partial charge in [0.2, 0.25) is 5.91 Å². The van der Waals surface area contributed by atoms with E-state index >= 15 is 0 Å². The third kappa shape index (κ3) is 5.36. The number of nitrogens with one attached hydrogen (secondary N) is 1. The lowest BCUT2D eigenvalue weighted by Gasteiger charge is -2.24. The smallest absolute Gasteiger partial charge is 0.251 e. The van der Waals surface area contributed by atoms with Crippen molar-refractivity contribution in [1.29, 1.82) is 0 Å². The van der Waals surface area contributed by atoms with Gasteiger partial charge in [0.1, 0.15) is 6.04 Å². The van der Waals surface area contributed by atoms with Crippen molar-refractivity contribution in [3.05, 3.63) is 65.7 Å². The second-order valence-corrected chi connectivity index (χ2v) is 6.90.